The van der Waals surface area contributed by atoms with E-state index in [2.05, 4.69) is 4.99 Å². The summed E-state index contributed by atoms with van der Waals surface area (Å²) >= 11 is 0.766. The Hall–Kier alpha value is -1.43. The quantitative estimate of drug-likeness (QED) is 0.669. The Morgan fingerprint density at radius 2 is 1.63 bits per heavy atom. The molecule has 0 atom stereocenters. The van der Waals surface area contributed by atoms with Crippen LogP contribution in [-0.4, -0.2) is 42.2 Å². The molecule has 1 amide bonds. The minimum Gasteiger partial charge on any atom is -0.383 e. The molecule has 0 radical (unpaired) electrons. The van der Waals surface area contributed by atoms with Crippen LogP contribution in [0.3, 0.4) is 0 Å². The number of halogens is 7. The number of nitrogens with zero attached hydrogens (tertiary/aromatic N) is 2. The average molecular weight is 424 g/mol. The molecule has 1 heterocycles. The minimum atomic E-state index is -6.60. The van der Waals surface area contributed by atoms with Crippen LogP contribution in [0, 0.1) is 6.92 Å². The van der Waals surface area contributed by atoms with E-state index in [1.54, 1.807) is 27.7 Å². The second kappa shape index (κ2) is 7.53. The lowest BCUT2D eigenvalue weighted by Crippen LogP contribution is -2.56. The molecule has 0 bridgehead atoms. The molecule has 0 aliphatic rings. The number of hydrogen-bond donors (Lipinski definition) is 0. The van der Waals surface area contributed by atoms with Gasteiger partial charge in [-0.05, 0) is 12.3 Å². The van der Waals surface area contributed by atoms with E-state index < -0.39 is 34.1 Å². The first-order valence-corrected chi connectivity index (χ1v) is 8.41. The lowest BCUT2D eigenvalue weighted by molar-refractivity contribution is -0.343. The van der Waals surface area contributed by atoms with Crippen molar-refractivity contribution in [2.75, 3.05) is 13.7 Å². The average Bonchev–Trinajstić information content (AvgIpc) is 2.80. The fraction of sp³-hybridized carbons (Fsp3) is 0.733. The van der Waals surface area contributed by atoms with E-state index in [1.807, 2.05) is 0 Å². The van der Waals surface area contributed by atoms with Crippen LogP contribution in [0.25, 0.3) is 0 Å². The van der Waals surface area contributed by atoms with Crippen molar-refractivity contribution in [1.29, 1.82) is 0 Å². The highest BCUT2D eigenvalue weighted by atomic mass is 32.1. The Balaban J connectivity index is 3.55. The molecule has 0 aliphatic heterocycles. The fourth-order valence-corrected chi connectivity index (χ4v) is 3.39. The third-order valence-electron chi connectivity index (χ3n) is 3.57. The molecule has 1 rings (SSSR count). The zero-order valence-corrected chi connectivity index (χ0v) is 16.0. The molecule has 0 saturated heterocycles. The highest BCUT2D eigenvalue weighted by Gasteiger charge is 2.76. The van der Waals surface area contributed by atoms with Gasteiger partial charge >= 0.3 is 23.9 Å². The summed E-state index contributed by atoms with van der Waals surface area (Å²) in [6, 6.07) is 0. The Bertz CT molecular complexity index is 758. The van der Waals surface area contributed by atoms with E-state index in [1.165, 1.54) is 11.7 Å². The molecule has 0 fully saturated rings. The van der Waals surface area contributed by atoms with Crippen molar-refractivity contribution in [3.8, 4) is 0 Å². The highest BCUT2D eigenvalue weighted by molar-refractivity contribution is 7.09. The molecule has 27 heavy (non-hydrogen) atoms. The summed E-state index contributed by atoms with van der Waals surface area (Å²) < 4.78 is 96.1. The van der Waals surface area contributed by atoms with E-state index in [9.17, 15) is 35.5 Å². The van der Waals surface area contributed by atoms with Crippen molar-refractivity contribution in [3.05, 3.63) is 15.4 Å². The van der Waals surface area contributed by atoms with Gasteiger partial charge in [-0.25, -0.2) is 0 Å². The Kier molecular flexibility index (Phi) is 6.59. The molecular weight excluding hydrogens is 405 g/mol. The Morgan fingerprint density at radius 1 is 1.11 bits per heavy atom. The molecule has 12 heteroatoms. The molecule has 0 saturated carbocycles. The number of rotatable bonds is 5. The minimum absolute atomic E-state index is 0.0439. The fourth-order valence-electron chi connectivity index (χ4n) is 2.18. The molecule has 156 valence electrons. The van der Waals surface area contributed by atoms with Gasteiger partial charge in [0, 0.05) is 24.2 Å². The summed E-state index contributed by atoms with van der Waals surface area (Å²) in [6.45, 7) is 7.07. The zero-order valence-electron chi connectivity index (χ0n) is 15.2. The summed E-state index contributed by atoms with van der Waals surface area (Å²) in [5, 5.41) is 0. The first kappa shape index (κ1) is 23.6. The van der Waals surface area contributed by atoms with Gasteiger partial charge < -0.3 is 9.30 Å². The maximum atomic E-state index is 13.6. The molecular formula is C15H19F7N2O2S. The standard InChI is InChI=1S/C15H19F7N2O2S/c1-8-9(12(2,3)4)27-11(24(8)6-7-26-5)23-10(25)13(16,17)14(18,19)15(20,21)22/h6-7H2,1-5H3. The van der Waals surface area contributed by atoms with Crippen LogP contribution in [0.2, 0.25) is 0 Å². The number of thiazole rings is 1. The number of carbonyl (C=O) groups is 1. The number of ether oxygens (including phenoxy) is 1. The highest BCUT2D eigenvalue weighted by Crippen LogP contribution is 2.47. The smallest absolute Gasteiger partial charge is 0.383 e. The van der Waals surface area contributed by atoms with Gasteiger partial charge in [-0.2, -0.15) is 35.7 Å². The predicted octanol–water partition coefficient (Wildman–Crippen LogP) is 4.06. The van der Waals surface area contributed by atoms with Gasteiger partial charge in [0.15, 0.2) is 4.80 Å². The molecule has 0 aliphatic carbocycles. The summed E-state index contributed by atoms with van der Waals surface area (Å²) in [4.78, 5) is 14.7. The van der Waals surface area contributed by atoms with Crippen LogP contribution in [-0.2, 0) is 21.5 Å². The topological polar surface area (TPSA) is 43.6 Å². The summed E-state index contributed by atoms with van der Waals surface area (Å²) in [6.07, 6.45) is -6.60. The number of aromatic nitrogens is 1. The molecule has 0 spiro atoms. The number of alkyl halides is 7. The summed E-state index contributed by atoms with van der Waals surface area (Å²) in [7, 11) is 1.35. The molecule has 4 nitrogen and oxygen atoms in total. The van der Waals surface area contributed by atoms with Crippen LogP contribution in [0.15, 0.2) is 4.99 Å². The number of hydrogen-bond acceptors (Lipinski definition) is 3. The van der Waals surface area contributed by atoms with Gasteiger partial charge in [-0.3, -0.25) is 4.79 Å². The van der Waals surface area contributed by atoms with Gasteiger partial charge in [0.1, 0.15) is 0 Å². The molecule has 0 aromatic carbocycles. The van der Waals surface area contributed by atoms with Crippen LogP contribution in [0.4, 0.5) is 30.7 Å². The maximum Gasteiger partial charge on any atom is 0.460 e. The Labute approximate surface area is 154 Å². The van der Waals surface area contributed by atoms with E-state index in [0.29, 0.717) is 10.6 Å². The van der Waals surface area contributed by atoms with E-state index in [4.69, 9.17) is 4.74 Å². The second-order valence-electron chi connectivity index (χ2n) is 6.76. The monoisotopic (exact) mass is 424 g/mol. The first-order valence-electron chi connectivity index (χ1n) is 7.59. The van der Waals surface area contributed by atoms with Crippen molar-refractivity contribution in [2.24, 2.45) is 4.99 Å². The van der Waals surface area contributed by atoms with Crippen LogP contribution >= 0.6 is 11.3 Å². The third kappa shape index (κ3) is 4.53. The Morgan fingerprint density at radius 3 is 2.04 bits per heavy atom. The first-order chi connectivity index (χ1) is 12.0. The number of methoxy groups -OCH3 is 1. The van der Waals surface area contributed by atoms with Gasteiger partial charge in [-0.1, -0.05) is 20.8 Å². The van der Waals surface area contributed by atoms with E-state index >= 15 is 0 Å². The normalized spacial score (nSPS) is 14.7. The lowest BCUT2D eigenvalue weighted by Gasteiger charge is -2.25. The van der Waals surface area contributed by atoms with E-state index in [-0.39, 0.29) is 13.2 Å². The van der Waals surface area contributed by atoms with Gasteiger partial charge in [0.25, 0.3) is 0 Å². The third-order valence-corrected chi connectivity index (χ3v) is 5.18. The van der Waals surface area contributed by atoms with Crippen molar-refractivity contribution in [2.45, 2.75) is 57.7 Å². The van der Waals surface area contributed by atoms with Crippen molar-refractivity contribution < 1.29 is 40.3 Å². The zero-order chi connectivity index (χ0) is 21.4. The van der Waals surface area contributed by atoms with Gasteiger partial charge in [0.05, 0.1) is 6.61 Å². The molecule has 1 aromatic rings. The van der Waals surface area contributed by atoms with Gasteiger partial charge in [0.2, 0.25) is 0 Å². The van der Waals surface area contributed by atoms with Crippen molar-refractivity contribution in [3.63, 3.8) is 0 Å². The molecule has 0 N–H and O–H groups in total. The summed E-state index contributed by atoms with van der Waals surface area (Å²) in [5.74, 6) is -15.4. The molecule has 0 unspecified atom stereocenters. The van der Waals surface area contributed by atoms with Crippen molar-refractivity contribution in [1.82, 2.24) is 4.57 Å². The predicted molar refractivity (Wildman–Crippen MR) is 84.1 cm³/mol. The van der Waals surface area contributed by atoms with Crippen LogP contribution in [0.5, 0.6) is 0 Å². The number of amides is 1. The van der Waals surface area contributed by atoms with E-state index in [0.717, 1.165) is 11.3 Å². The van der Waals surface area contributed by atoms with Crippen LogP contribution < -0.4 is 4.80 Å². The maximum absolute atomic E-state index is 13.6. The summed E-state index contributed by atoms with van der Waals surface area (Å²) in [5.41, 5.74) is 0.0146. The van der Waals surface area contributed by atoms with Crippen molar-refractivity contribution >= 4 is 17.2 Å². The number of carbonyl (C=O) groups excluding carboxylic acids is 1. The lowest BCUT2D eigenvalue weighted by atomic mass is 9.93. The van der Waals surface area contributed by atoms with Crippen LogP contribution in [0.1, 0.15) is 31.3 Å². The second-order valence-corrected chi connectivity index (χ2v) is 7.73. The van der Waals surface area contributed by atoms with Gasteiger partial charge in [-0.15, -0.1) is 11.3 Å². The largest absolute Gasteiger partial charge is 0.460 e. The SMILES string of the molecule is COCCn1c(C)c(C(C)(C)C)sc1=NC(=O)C(F)(F)C(F)(F)C(F)(F)F. The molecule has 1 aromatic heterocycles.